The van der Waals surface area contributed by atoms with Gasteiger partial charge in [0.05, 0.1) is 0 Å². The second-order valence-corrected chi connectivity index (χ2v) is 6.38. The molecule has 22 heavy (non-hydrogen) atoms. The number of nitrogens with zero attached hydrogens (tertiary/aromatic N) is 1. The predicted molar refractivity (Wildman–Crippen MR) is 86.9 cm³/mol. The molecule has 0 aromatic heterocycles. The molecule has 1 heterocycles. The largest absolute Gasteiger partial charge is 0.353 e. The third-order valence-corrected chi connectivity index (χ3v) is 4.39. The number of rotatable bonds is 6. The number of nitrogens with one attached hydrogen (secondary N) is 1. The topological polar surface area (TPSA) is 32.3 Å². The minimum absolute atomic E-state index is 0.142. The molecule has 1 amide bonds. The fourth-order valence-corrected chi connectivity index (χ4v) is 3.07. The number of benzene rings is 1. The van der Waals surface area contributed by atoms with Crippen LogP contribution < -0.4 is 5.32 Å². The molecule has 1 fully saturated rings. The summed E-state index contributed by atoms with van der Waals surface area (Å²) in [6.07, 6.45) is 3.95. The Morgan fingerprint density at radius 1 is 1.32 bits per heavy atom. The summed E-state index contributed by atoms with van der Waals surface area (Å²) in [6.45, 7) is 6.90. The molecule has 0 spiro atoms. The lowest BCUT2D eigenvalue weighted by molar-refractivity contribution is -0.127. The van der Waals surface area contributed by atoms with Crippen molar-refractivity contribution < 1.29 is 9.18 Å². The van der Waals surface area contributed by atoms with Gasteiger partial charge < -0.3 is 5.32 Å². The van der Waals surface area contributed by atoms with Crippen molar-refractivity contribution in [2.75, 3.05) is 13.1 Å². The number of hydrogen-bond donors (Lipinski definition) is 1. The van der Waals surface area contributed by atoms with E-state index in [0.717, 1.165) is 50.9 Å². The fourth-order valence-electron chi connectivity index (χ4n) is 3.07. The van der Waals surface area contributed by atoms with Crippen LogP contribution in [0.3, 0.4) is 0 Å². The first-order valence-electron chi connectivity index (χ1n) is 8.35. The van der Waals surface area contributed by atoms with E-state index in [1.807, 2.05) is 12.1 Å². The van der Waals surface area contributed by atoms with Gasteiger partial charge in [0.25, 0.3) is 0 Å². The summed E-state index contributed by atoms with van der Waals surface area (Å²) in [5.41, 5.74) is 1.13. The van der Waals surface area contributed by atoms with Crippen molar-refractivity contribution in [3.8, 4) is 0 Å². The number of amides is 1. The highest BCUT2D eigenvalue weighted by Crippen LogP contribution is 2.19. The normalized spacial score (nSPS) is 18.1. The number of halogens is 1. The Balaban J connectivity index is 1.75. The monoisotopic (exact) mass is 306 g/mol. The van der Waals surface area contributed by atoms with Crippen molar-refractivity contribution in [1.29, 1.82) is 0 Å². The smallest absolute Gasteiger partial charge is 0.223 e. The Bertz CT molecular complexity index is 466. The lowest BCUT2D eigenvalue weighted by atomic mass is 9.95. The van der Waals surface area contributed by atoms with E-state index in [-0.39, 0.29) is 23.7 Å². The van der Waals surface area contributed by atoms with E-state index in [4.69, 9.17) is 0 Å². The molecular formula is C18H27FN2O. The molecule has 1 atom stereocenters. The molecule has 122 valence electrons. The van der Waals surface area contributed by atoms with Crippen molar-refractivity contribution in [2.45, 2.75) is 52.1 Å². The van der Waals surface area contributed by atoms with Crippen LogP contribution in [0.25, 0.3) is 0 Å². The second-order valence-electron chi connectivity index (χ2n) is 6.38. The summed E-state index contributed by atoms with van der Waals surface area (Å²) in [5.74, 6) is 0.159. The van der Waals surface area contributed by atoms with Gasteiger partial charge in [0.1, 0.15) is 5.82 Å². The van der Waals surface area contributed by atoms with Gasteiger partial charge in [-0.2, -0.15) is 0 Å². The SMILES string of the molecule is CCCC(C)NC(=O)C1CCN(Cc2ccc(F)cc2)CC1. The maximum Gasteiger partial charge on any atom is 0.223 e. The first kappa shape index (κ1) is 16.9. The number of likely N-dealkylation sites (tertiary alicyclic amines) is 1. The average molecular weight is 306 g/mol. The lowest BCUT2D eigenvalue weighted by Gasteiger charge is -2.31. The van der Waals surface area contributed by atoms with Gasteiger partial charge in [-0.1, -0.05) is 25.5 Å². The van der Waals surface area contributed by atoms with Crippen molar-refractivity contribution in [3.63, 3.8) is 0 Å². The Morgan fingerprint density at radius 3 is 2.55 bits per heavy atom. The number of carbonyl (C=O) groups is 1. The van der Waals surface area contributed by atoms with Gasteiger partial charge in [-0.25, -0.2) is 4.39 Å². The first-order chi connectivity index (χ1) is 10.6. The van der Waals surface area contributed by atoms with Crippen LogP contribution in [-0.2, 0) is 11.3 Å². The molecule has 0 bridgehead atoms. The van der Waals surface area contributed by atoms with Gasteiger partial charge in [-0.3, -0.25) is 9.69 Å². The summed E-state index contributed by atoms with van der Waals surface area (Å²) in [7, 11) is 0. The van der Waals surface area contributed by atoms with E-state index in [0.29, 0.717) is 0 Å². The molecule has 0 radical (unpaired) electrons. The van der Waals surface area contributed by atoms with Crippen molar-refractivity contribution in [2.24, 2.45) is 5.92 Å². The molecule has 1 unspecified atom stereocenters. The molecule has 1 aromatic rings. The van der Waals surface area contributed by atoms with Crippen molar-refractivity contribution >= 4 is 5.91 Å². The molecule has 1 aliphatic rings. The van der Waals surface area contributed by atoms with Gasteiger partial charge in [0.15, 0.2) is 0 Å². The zero-order valence-electron chi connectivity index (χ0n) is 13.6. The maximum absolute atomic E-state index is 12.9. The minimum Gasteiger partial charge on any atom is -0.353 e. The van der Waals surface area contributed by atoms with Gasteiger partial charge in [-0.15, -0.1) is 0 Å². The highest BCUT2D eigenvalue weighted by Gasteiger charge is 2.25. The van der Waals surface area contributed by atoms with Gasteiger partial charge in [-0.05, 0) is 57.0 Å². The van der Waals surface area contributed by atoms with E-state index >= 15 is 0 Å². The van der Waals surface area contributed by atoms with Crippen LogP contribution >= 0.6 is 0 Å². The standard InChI is InChI=1S/C18H27FN2O/c1-3-4-14(2)20-18(22)16-9-11-21(12-10-16)13-15-5-7-17(19)8-6-15/h5-8,14,16H,3-4,9-13H2,1-2H3,(H,20,22). The van der Waals surface area contributed by atoms with Crippen LogP contribution in [-0.4, -0.2) is 29.9 Å². The number of piperidine rings is 1. The quantitative estimate of drug-likeness (QED) is 0.874. The lowest BCUT2D eigenvalue weighted by Crippen LogP contribution is -2.42. The summed E-state index contributed by atoms with van der Waals surface area (Å²) < 4.78 is 12.9. The highest BCUT2D eigenvalue weighted by molar-refractivity contribution is 5.79. The maximum atomic E-state index is 12.9. The predicted octanol–water partition coefficient (Wildman–Crippen LogP) is 3.34. The molecule has 0 aliphatic carbocycles. The summed E-state index contributed by atoms with van der Waals surface area (Å²) >= 11 is 0. The summed E-state index contributed by atoms with van der Waals surface area (Å²) in [5, 5.41) is 3.12. The average Bonchev–Trinajstić information content (AvgIpc) is 2.50. The summed E-state index contributed by atoms with van der Waals surface area (Å²) in [6, 6.07) is 6.95. The third-order valence-electron chi connectivity index (χ3n) is 4.39. The van der Waals surface area contributed by atoms with Gasteiger partial charge >= 0.3 is 0 Å². The second kappa shape index (κ2) is 8.28. The Labute approximate surface area is 132 Å². The van der Waals surface area contributed by atoms with Crippen molar-refractivity contribution in [3.05, 3.63) is 35.6 Å². The molecule has 1 aromatic carbocycles. The minimum atomic E-state index is -0.194. The van der Waals surface area contributed by atoms with Crippen LogP contribution in [0.1, 0.15) is 45.1 Å². The Morgan fingerprint density at radius 2 is 1.95 bits per heavy atom. The van der Waals surface area contributed by atoms with Crippen LogP contribution in [0.15, 0.2) is 24.3 Å². The molecule has 1 saturated heterocycles. The van der Waals surface area contributed by atoms with Crippen LogP contribution in [0.4, 0.5) is 4.39 Å². The molecular weight excluding hydrogens is 279 g/mol. The van der Waals surface area contributed by atoms with E-state index in [9.17, 15) is 9.18 Å². The first-order valence-corrected chi connectivity index (χ1v) is 8.35. The van der Waals surface area contributed by atoms with E-state index < -0.39 is 0 Å². The molecule has 1 aliphatic heterocycles. The molecule has 4 heteroatoms. The van der Waals surface area contributed by atoms with Crippen LogP contribution in [0, 0.1) is 11.7 Å². The molecule has 3 nitrogen and oxygen atoms in total. The molecule has 0 saturated carbocycles. The zero-order valence-corrected chi connectivity index (χ0v) is 13.6. The zero-order chi connectivity index (χ0) is 15.9. The number of hydrogen-bond acceptors (Lipinski definition) is 2. The van der Waals surface area contributed by atoms with E-state index in [1.165, 1.54) is 12.1 Å². The Kier molecular flexibility index (Phi) is 6.37. The third kappa shape index (κ3) is 5.09. The summed E-state index contributed by atoms with van der Waals surface area (Å²) in [4.78, 5) is 14.6. The van der Waals surface area contributed by atoms with Gasteiger partial charge in [0, 0.05) is 18.5 Å². The van der Waals surface area contributed by atoms with E-state index in [2.05, 4.69) is 24.1 Å². The fraction of sp³-hybridized carbons (Fsp3) is 0.611. The van der Waals surface area contributed by atoms with Crippen LogP contribution in [0.5, 0.6) is 0 Å². The van der Waals surface area contributed by atoms with Crippen molar-refractivity contribution in [1.82, 2.24) is 10.2 Å². The Hall–Kier alpha value is -1.42. The highest BCUT2D eigenvalue weighted by atomic mass is 19.1. The molecule has 2 rings (SSSR count). The molecule has 1 N–H and O–H groups in total. The van der Waals surface area contributed by atoms with Gasteiger partial charge in [0.2, 0.25) is 5.91 Å². The van der Waals surface area contributed by atoms with Crippen LogP contribution in [0.2, 0.25) is 0 Å². The van der Waals surface area contributed by atoms with E-state index in [1.54, 1.807) is 0 Å². The number of carbonyl (C=O) groups excluding carboxylic acids is 1.